The molecule has 0 spiro atoms. The van der Waals surface area contributed by atoms with E-state index in [4.69, 9.17) is 4.74 Å². The number of aliphatic hydroxyl groups is 2. The normalized spacial score (nSPS) is 12.7. The Bertz CT molecular complexity index is 1090. The van der Waals surface area contributed by atoms with E-state index in [1.165, 1.54) is 263 Å². The Morgan fingerprint density at radius 1 is 0.400 bits per heavy atom. The molecule has 0 aromatic rings. The zero-order valence-electron chi connectivity index (χ0n) is 47.3. The minimum absolute atomic E-state index is 0.00547. The maximum absolute atomic E-state index is 12.4. The number of amides is 1. The van der Waals surface area contributed by atoms with Crippen LogP contribution in [-0.4, -0.2) is 47.4 Å². The second-order valence-electron chi connectivity index (χ2n) is 21.7. The first kappa shape index (κ1) is 68.3. The Balaban J connectivity index is 3.31. The van der Waals surface area contributed by atoms with Crippen molar-refractivity contribution in [2.24, 2.45) is 0 Å². The van der Waals surface area contributed by atoms with E-state index >= 15 is 0 Å². The van der Waals surface area contributed by atoms with Gasteiger partial charge in [-0.1, -0.05) is 301 Å². The van der Waals surface area contributed by atoms with Crippen molar-refractivity contribution in [3.05, 3.63) is 24.3 Å². The molecule has 0 aromatic heterocycles. The molecule has 0 aromatic carbocycles. The van der Waals surface area contributed by atoms with Crippen molar-refractivity contribution in [2.45, 2.75) is 360 Å². The summed E-state index contributed by atoms with van der Waals surface area (Å²) >= 11 is 0. The van der Waals surface area contributed by atoms with Gasteiger partial charge in [0.15, 0.2) is 0 Å². The van der Waals surface area contributed by atoms with Crippen LogP contribution in [0.2, 0.25) is 0 Å². The summed E-state index contributed by atoms with van der Waals surface area (Å²) in [6, 6.07) is -0.536. The smallest absolute Gasteiger partial charge is 0.305 e. The number of carbonyl (C=O) groups is 2. The molecule has 6 heteroatoms. The number of esters is 1. The van der Waals surface area contributed by atoms with Gasteiger partial charge in [0.25, 0.3) is 0 Å². The molecular weight excluding hydrogens is 863 g/mol. The molecule has 0 rings (SSSR count). The Labute approximate surface area is 437 Å². The van der Waals surface area contributed by atoms with E-state index in [0.717, 1.165) is 51.4 Å². The minimum atomic E-state index is -0.659. The highest BCUT2D eigenvalue weighted by Crippen LogP contribution is 2.18. The summed E-state index contributed by atoms with van der Waals surface area (Å²) in [6.07, 6.45) is 73.6. The summed E-state index contributed by atoms with van der Waals surface area (Å²) in [5.74, 6) is -0.0277. The molecule has 70 heavy (non-hydrogen) atoms. The highest BCUT2D eigenvalue weighted by atomic mass is 16.5. The quantitative estimate of drug-likeness (QED) is 0.0321. The Kier molecular flexibility index (Phi) is 58.5. The third-order valence-electron chi connectivity index (χ3n) is 14.8. The van der Waals surface area contributed by atoms with Crippen molar-refractivity contribution in [2.75, 3.05) is 13.2 Å². The molecule has 1 amide bonds. The zero-order valence-corrected chi connectivity index (χ0v) is 47.3. The number of carbonyl (C=O) groups excluding carboxylic acids is 2. The molecule has 2 atom stereocenters. The van der Waals surface area contributed by atoms with Gasteiger partial charge in [-0.05, 0) is 57.8 Å². The first-order valence-electron chi connectivity index (χ1n) is 31.6. The van der Waals surface area contributed by atoms with Crippen LogP contribution in [0.5, 0.6) is 0 Å². The molecule has 0 aliphatic rings. The number of aliphatic hydroxyl groups excluding tert-OH is 2. The molecule has 0 bridgehead atoms. The van der Waals surface area contributed by atoms with Crippen LogP contribution < -0.4 is 5.32 Å². The van der Waals surface area contributed by atoms with E-state index in [-0.39, 0.29) is 18.5 Å². The fourth-order valence-electron chi connectivity index (χ4n) is 9.91. The number of hydrogen-bond donors (Lipinski definition) is 3. The number of allylic oxidation sites excluding steroid dienone is 4. The Hall–Kier alpha value is -1.66. The number of ether oxygens (including phenoxy) is 1. The Morgan fingerprint density at radius 2 is 0.714 bits per heavy atom. The molecule has 2 unspecified atom stereocenters. The average molecular weight is 987 g/mol. The fraction of sp³-hybridized carbons (Fsp3) is 0.906. The molecule has 6 nitrogen and oxygen atoms in total. The summed E-state index contributed by atoms with van der Waals surface area (Å²) in [5, 5.41) is 23.1. The average Bonchev–Trinajstić information content (AvgIpc) is 3.36. The van der Waals surface area contributed by atoms with E-state index < -0.39 is 12.1 Å². The summed E-state index contributed by atoms with van der Waals surface area (Å²) < 4.78 is 5.49. The predicted molar refractivity (Wildman–Crippen MR) is 306 cm³/mol. The van der Waals surface area contributed by atoms with Gasteiger partial charge in [-0.2, -0.15) is 0 Å². The van der Waals surface area contributed by atoms with E-state index in [1.807, 2.05) is 0 Å². The molecule has 0 saturated carbocycles. The fourth-order valence-corrected chi connectivity index (χ4v) is 9.91. The van der Waals surface area contributed by atoms with Gasteiger partial charge < -0.3 is 20.3 Å². The molecule has 0 heterocycles. The van der Waals surface area contributed by atoms with Crippen molar-refractivity contribution in [1.29, 1.82) is 0 Å². The van der Waals surface area contributed by atoms with Gasteiger partial charge in [0, 0.05) is 12.8 Å². The standard InChI is InChI=1S/C64H123NO5/c1-3-5-7-9-11-13-14-15-16-32-35-38-42-46-50-54-58-64(69)70-59-55-51-47-43-39-36-33-30-28-26-24-22-20-18-17-19-21-23-25-27-29-31-34-37-41-45-49-53-57-63(68)65-61(60-66)62(67)56-52-48-44-40-12-10-8-6-4-2/h13-14,16,32,61-62,66-67H,3-12,15,17-31,33-60H2,1-2H3,(H,65,68)/b14-13-,32-16-. The van der Waals surface area contributed by atoms with Crippen LogP contribution >= 0.6 is 0 Å². The van der Waals surface area contributed by atoms with Gasteiger partial charge in [0.05, 0.1) is 25.4 Å². The number of nitrogens with one attached hydrogen (secondary N) is 1. The highest BCUT2D eigenvalue weighted by molar-refractivity contribution is 5.76. The molecule has 0 saturated heterocycles. The van der Waals surface area contributed by atoms with Gasteiger partial charge >= 0.3 is 5.97 Å². The second kappa shape index (κ2) is 59.9. The monoisotopic (exact) mass is 986 g/mol. The lowest BCUT2D eigenvalue weighted by Gasteiger charge is -2.22. The van der Waals surface area contributed by atoms with Crippen LogP contribution in [0.25, 0.3) is 0 Å². The molecular formula is C64H123NO5. The van der Waals surface area contributed by atoms with Crippen molar-refractivity contribution in [3.63, 3.8) is 0 Å². The second-order valence-corrected chi connectivity index (χ2v) is 21.7. The first-order valence-corrected chi connectivity index (χ1v) is 31.6. The topological polar surface area (TPSA) is 95.9 Å². The maximum Gasteiger partial charge on any atom is 0.305 e. The van der Waals surface area contributed by atoms with Crippen LogP contribution in [-0.2, 0) is 14.3 Å². The lowest BCUT2D eigenvalue weighted by Crippen LogP contribution is -2.45. The minimum Gasteiger partial charge on any atom is -0.466 e. The molecule has 414 valence electrons. The van der Waals surface area contributed by atoms with Gasteiger partial charge in [-0.15, -0.1) is 0 Å². The van der Waals surface area contributed by atoms with Gasteiger partial charge in [-0.3, -0.25) is 9.59 Å². The third kappa shape index (κ3) is 55.7. The van der Waals surface area contributed by atoms with Crippen LogP contribution in [0.1, 0.15) is 348 Å². The summed E-state index contributed by atoms with van der Waals surface area (Å²) in [4.78, 5) is 24.5. The summed E-state index contributed by atoms with van der Waals surface area (Å²) in [7, 11) is 0. The van der Waals surface area contributed by atoms with Crippen molar-refractivity contribution in [3.8, 4) is 0 Å². The lowest BCUT2D eigenvalue weighted by atomic mass is 10.0. The molecule has 0 radical (unpaired) electrons. The van der Waals surface area contributed by atoms with E-state index in [2.05, 4.69) is 43.5 Å². The van der Waals surface area contributed by atoms with Gasteiger partial charge in [-0.25, -0.2) is 0 Å². The van der Waals surface area contributed by atoms with Gasteiger partial charge in [0.1, 0.15) is 0 Å². The summed E-state index contributed by atoms with van der Waals surface area (Å²) in [6.45, 7) is 4.93. The Morgan fingerprint density at radius 3 is 1.10 bits per heavy atom. The first-order chi connectivity index (χ1) is 34.5. The molecule has 3 N–H and O–H groups in total. The van der Waals surface area contributed by atoms with E-state index in [9.17, 15) is 19.8 Å². The van der Waals surface area contributed by atoms with Crippen LogP contribution in [0.15, 0.2) is 24.3 Å². The van der Waals surface area contributed by atoms with Crippen LogP contribution in [0.3, 0.4) is 0 Å². The van der Waals surface area contributed by atoms with E-state index in [1.54, 1.807) is 0 Å². The largest absolute Gasteiger partial charge is 0.466 e. The van der Waals surface area contributed by atoms with Crippen molar-refractivity contribution in [1.82, 2.24) is 5.32 Å². The number of hydrogen-bond acceptors (Lipinski definition) is 5. The third-order valence-corrected chi connectivity index (χ3v) is 14.8. The van der Waals surface area contributed by atoms with Crippen LogP contribution in [0.4, 0.5) is 0 Å². The molecule has 0 aliphatic heterocycles. The lowest BCUT2D eigenvalue weighted by molar-refractivity contribution is -0.143. The number of rotatable bonds is 59. The SMILES string of the molecule is CCCCCC/C=C\C/C=C\CCCCCCCC(=O)OCCCCCCCCCCCCCCCCCCCCCCCCCCCCCCC(=O)NC(CO)C(O)CCCCCCCCCCC. The van der Waals surface area contributed by atoms with E-state index in [0.29, 0.717) is 25.9 Å². The maximum atomic E-state index is 12.4. The van der Waals surface area contributed by atoms with Crippen molar-refractivity contribution < 1.29 is 24.5 Å². The zero-order chi connectivity index (χ0) is 50.7. The summed E-state index contributed by atoms with van der Waals surface area (Å²) in [5.41, 5.74) is 0. The van der Waals surface area contributed by atoms with Crippen molar-refractivity contribution >= 4 is 11.9 Å². The number of unbranched alkanes of at least 4 members (excludes halogenated alkanes) is 44. The molecule has 0 aliphatic carbocycles. The van der Waals surface area contributed by atoms with Gasteiger partial charge in [0.2, 0.25) is 5.91 Å². The van der Waals surface area contributed by atoms with Crippen LogP contribution in [0, 0.1) is 0 Å². The predicted octanol–water partition coefficient (Wildman–Crippen LogP) is 19.8. The highest BCUT2D eigenvalue weighted by Gasteiger charge is 2.20. The molecule has 0 fully saturated rings.